The maximum absolute atomic E-state index is 13.5. The number of hydrogen-bond donors (Lipinski definition) is 1. The molecule has 38 heavy (non-hydrogen) atoms. The zero-order valence-corrected chi connectivity index (χ0v) is 22.2. The number of nitriles is 1. The fourth-order valence-corrected chi connectivity index (χ4v) is 5.59. The van der Waals surface area contributed by atoms with Crippen LogP contribution in [-0.4, -0.2) is 54.6 Å². The second kappa shape index (κ2) is 11.1. The van der Waals surface area contributed by atoms with Crippen molar-refractivity contribution in [3.8, 4) is 23.1 Å². The molecule has 1 aromatic heterocycles. The molecule has 7 nitrogen and oxygen atoms in total. The fraction of sp³-hybridized carbons (Fsp3) is 0.267. The van der Waals surface area contributed by atoms with Crippen LogP contribution in [0.3, 0.4) is 0 Å². The minimum absolute atomic E-state index is 0.309. The zero-order valence-electron chi connectivity index (χ0n) is 21.4. The summed E-state index contributed by atoms with van der Waals surface area (Å²) < 4.78 is 5.57. The third-order valence-electron chi connectivity index (χ3n) is 7.21. The second-order valence-corrected chi connectivity index (χ2v) is 10.1. The van der Waals surface area contributed by atoms with Gasteiger partial charge in [-0.25, -0.2) is 0 Å². The highest BCUT2D eigenvalue weighted by molar-refractivity contribution is 7.98. The molecular formula is C30H28N4O3S. The number of Topliss-reactive ketones (excluding diaryl/α,β-unsaturated/α-hetero) is 1. The van der Waals surface area contributed by atoms with Gasteiger partial charge in [-0.15, -0.1) is 11.8 Å². The number of nitrogens with zero attached hydrogens (tertiary/aromatic N) is 3. The van der Waals surface area contributed by atoms with Gasteiger partial charge in [-0.05, 0) is 42.4 Å². The van der Waals surface area contributed by atoms with Crippen LogP contribution in [0.4, 0.5) is 5.69 Å². The number of methoxy groups -OCH3 is 1. The predicted molar refractivity (Wildman–Crippen MR) is 149 cm³/mol. The smallest absolute Gasteiger partial charge is 0.290 e. The lowest BCUT2D eigenvalue weighted by Gasteiger charge is -2.29. The third-order valence-corrected chi connectivity index (χ3v) is 7.95. The van der Waals surface area contributed by atoms with E-state index in [1.807, 2.05) is 60.9 Å². The third kappa shape index (κ3) is 4.77. The quantitative estimate of drug-likeness (QED) is 0.270. The average molecular weight is 525 g/mol. The molecule has 2 aromatic carbocycles. The summed E-state index contributed by atoms with van der Waals surface area (Å²) in [5, 5.41) is 13.1. The largest absolute Gasteiger partial charge is 0.495 e. The summed E-state index contributed by atoms with van der Waals surface area (Å²) in [6.45, 7) is 1.13. The van der Waals surface area contributed by atoms with Crippen molar-refractivity contribution in [2.75, 3.05) is 38.3 Å². The Balaban J connectivity index is 1.36. The van der Waals surface area contributed by atoms with Gasteiger partial charge in [0.2, 0.25) is 5.78 Å². The summed E-state index contributed by atoms with van der Waals surface area (Å²) >= 11 is 1.67. The highest BCUT2D eigenvalue weighted by atomic mass is 32.2. The lowest BCUT2D eigenvalue weighted by molar-refractivity contribution is -0.145. The number of hydrogen-bond acceptors (Lipinski definition) is 7. The number of carbonyl (C=O) groups is 2. The van der Waals surface area contributed by atoms with Crippen LogP contribution in [0.2, 0.25) is 0 Å². The van der Waals surface area contributed by atoms with Crippen LogP contribution in [0.5, 0.6) is 5.75 Å². The number of fused-ring (bicyclic) bond motifs is 1. The number of anilines is 1. The molecule has 1 unspecified atom stereocenters. The molecule has 1 atom stereocenters. The summed E-state index contributed by atoms with van der Waals surface area (Å²) in [6.07, 6.45) is 4.79. The Labute approximate surface area is 226 Å². The van der Waals surface area contributed by atoms with Gasteiger partial charge >= 0.3 is 0 Å². The van der Waals surface area contributed by atoms with E-state index in [1.54, 1.807) is 30.0 Å². The van der Waals surface area contributed by atoms with E-state index in [0.29, 0.717) is 49.4 Å². The number of ketones is 1. The van der Waals surface area contributed by atoms with E-state index in [0.717, 1.165) is 33.0 Å². The number of likely N-dealkylation sites (tertiary alicyclic amines) is 1. The molecule has 1 N–H and O–H groups in total. The highest BCUT2D eigenvalue weighted by Crippen LogP contribution is 2.44. The predicted octanol–water partition coefficient (Wildman–Crippen LogP) is 5.16. The van der Waals surface area contributed by atoms with Gasteiger partial charge in [0.05, 0.1) is 42.2 Å². The van der Waals surface area contributed by atoms with Crippen molar-refractivity contribution in [1.29, 1.82) is 5.26 Å². The van der Waals surface area contributed by atoms with Gasteiger partial charge in [0.15, 0.2) is 0 Å². The van der Waals surface area contributed by atoms with Crippen LogP contribution in [0.1, 0.15) is 29.9 Å². The molecule has 0 radical (unpaired) electrons. The first kappa shape index (κ1) is 25.6. The van der Waals surface area contributed by atoms with E-state index >= 15 is 0 Å². The van der Waals surface area contributed by atoms with Crippen molar-refractivity contribution < 1.29 is 14.3 Å². The number of rotatable bonds is 6. The van der Waals surface area contributed by atoms with E-state index in [4.69, 9.17) is 4.74 Å². The van der Waals surface area contributed by atoms with Crippen LogP contribution in [0.15, 0.2) is 71.3 Å². The molecule has 2 aliphatic heterocycles. The first-order valence-electron chi connectivity index (χ1n) is 12.5. The SMILES string of the molecule is COc1cnc(-c2ccc(SC)cc2)c2c1C(C(=O)C(=O)N1CCC(=C(C#N)c3ccccc3)CC1)CN2. The van der Waals surface area contributed by atoms with Gasteiger partial charge in [0.25, 0.3) is 5.91 Å². The number of allylic oxidation sites excluding steroid dienone is 1. The van der Waals surface area contributed by atoms with Crippen molar-refractivity contribution in [2.24, 2.45) is 0 Å². The standard InChI is InChI=1S/C30H28N4O3S/c1-37-25-18-33-27(21-8-10-22(38-2)11-9-21)28-26(25)24(17-32-28)29(35)30(36)34-14-12-20(13-15-34)23(16-31)19-6-4-3-5-7-19/h3-11,18,24,32H,12-15,17H2,1-2H3. The number of benzene rings is 2. The second-order valence-electron chi connectivity index (χ2n) is 9.24. The molecule has 0 spiro atoms. The Morgan fingerprint density at radius 2 is 1.82 bits per heavy atom. The molecule has 2 aliphatic rings. The molecule has 3 heterocycles. The Hall–Kier alpha value is -4.09. The number of ether oxygens (including phenoxy) is 1. The number of amides is 1. The van der Waals surface area contributed by atoms with Crippen molar-refractivity contribution in [1.82, 2.24) is 9.88 Å². The average Bonchev–Trinajstić information content (AvgIpc) is 3.43. The number of carbonyl (C=O) groups excluding carboxylic acids is 2. The molecule has 1 amide bonds. The molecule has 1 saturated heterocycles. The number of thioether (sulfide) groups is 1. The van der Waals surface area contributed by atoms with Crippen molar-refractivity contribution >= 4 is 34.7 Å². The molecule has 1 fully saturated rings. The summed E-state index contributed by atoms with van der Waals surface area (Å²) in [5.74, 6) is -1.12. The summed E-state index contributed by atoms with van der Waals surface area (Å²) in [5.41, 5.74) is 5.64. The normalized spacial score (nSPS) is 16.3. The van der Waals surface area contributed by atoms with E-state index in [2.05, 4.69) is 16.4 Å². The maximum Gasteiger partial charge on any atom is 0.290 e. The minimum atomic E-state index is -0.657. The van der Waals surface area contributed by atoms with E-state index in [1.165, 1.54) is 0 Å². The van der Waals surface area contributed by atoms with Gasteiger partial charge in [0, 0.05) is 35.7 Å². The number of aromatic nitrogens is 1. The van der Waals surface area contributed by atoms with Gasteiger partial charge in [-0.3, -0.25) is 14.6 Å². The summed E-state index contributed by atoms with van der Waals surface area (Å²) in [6, 6.07) is 20.0. The summed E-state index contributed by atoms with van der Waals surface area (Å²) in [4.78, 5) is 34.2. The molecule has 8 heteroatoms. The molecule has 0 aliphatic carbocycles. The van der Waals surface area contributed by atoms with Crippen LogP contribution < -0.4 is 10.1 Å². The lowest BCUT2D eigenvalue weighted by Crippen LogP contribution is -2.42. The van der Waals surface area contributed by atoms with Gasteiger partial charge in [0.1, 0.15) is 5.75 Å². The Bertz CT molecular complexity index is 1430. The van der Waals surface area contributed by atoms with E-state index in [9.17, 15) is 14.9 Å². The highest BCUT2D eigenvalue weighted by Gasteiger charge is 2.39. The van der Waals surface area contributed by atoms with Crippen LogP contribution in [0, 0.1) is 11.3 Å². The minimum Gasteiger partial charge on any atom is -0.495 e. The van der Waals surface area contributed by atoms with Crippen LogP contribution >= 0.6 is 11.8 Å². The number of pyridine rings is 1. The number of piperidine rings is 1. The molecule has 192 valence electrons. The molecular weight excluding hydrogens is 496 g/mol. The maximum atomic E-state index is 13.5. The molecule has 0 saturated carbocycles. The summed E-state index contributed by atoms with van der Waals surface area (Å²) in [7, 11) is 1.55. The monoisotopic (exact) mass is 524 g/mol. The fourth-order valence-electron chi connectivity index (χ4n) is 5.18. The van der Waals surface area contributed by atoms with E-state index < -0.39 is 17.6 Å². The Morgan fingerprint density at radius 1 is 1.11 bits per heavy atom. The van der Waals surface area contributed by atoms with Crippen LogP contribution in [0.25, 0.3) is 16.8 Å². The zero-order chi connectivity index (χ0) is 26.6. The van der Waals surface area contributed by atoms with E-state index in [-0.39, 0.29) is 0 Å². The van der Waals surface area contributed by atoms with Gasteiger partial charge in [-0.2, -0.15) is 5.26 Å². The molecule has 5 rings (SSSR count). The first-order chi connectivity index (χ1) is 18.5. The first-order valence-corrected chi connectivity index (χ1v) is 13.7. The Kier molecular flexibility index (Phi) is 7.47. The van der Waals surface area contributed by atoms with Gasteiger partial charge < -0.3 is 15.0 Å². The topological polar surface area (TPSA) is 95.3 Å². The van der Waals surface area contributed by atoms with Crippen LogP contribution in [-0.2, 0) is 9.59 Å². The number of nitrogens with one attached hydrogen (secondary N) is 1. The van der Waals surface area contributed by atoms with Crippen molar-refractivity contribution in [2.45, 2.75) is 23.7 Å². The molecule has 3 aromatic rings. The lowest BCUT2D eigenvalue weighted by atomic mass is 9.92. The Morgan fingerprint density at radius 3 is 2.45 bits per heavy atom. The van der Waals surface area contributed by atoms with Crippen molar-refractivity contribution in [3.05, 3.63) is 77.5 Å². The van der Waals surface area contributed by atoms with Crippen molar-refractivity contribution in [3.63, 3.8) is 0 Å². The molecule has 0 bridgehead atoms. The van der Waals surface area contributed by atoms with Gasteiger partial charge in [-0.1, -0.05) is 42.5 Å².